The van der Waals surface area contributed by atoms with Crippen molar-refractivity contribution < 1.29 is 50.2 Å². The monoisotopic (exact) mass is 472 g/mol. The molecule has 1 fully saturated rings. The second-order valence-corrected chi connectivity index (χ2v) is 6.33. The van der Waals surface area contributed by atoms with Crippen LogP contribution in [0, 0.1) is 0 Å². The molecule has 1 heterocycles. The number of nitrogens with one attached hydrogen (secondary N) is 2. The largest absolute Gasteiger partial charge is 0.433 e. The highest BCUT2D eigenvalue weighted by Gasteiger charge is 2.49. The Hall–Kier alpha value is -3.07. The summed E-state index contributed by atoms with van der Waals surface area (Å²) in [6, 6.07) is 1.44. The van der Waals surface area contributed by atoms with Gasteiger partial charge in [0, 0.05) is 24.8 Å². The third-order valence-corrected chi connectivity index (χ3v) is 4.15. The molecule has 0 spiro atoms. The third kappa shape index (κ3) is 6.00. The number of halogens is 6. The number of alkyl halides is 6. The molecular weight excluding hydrogens is 454 g/mol. The lowest BCUT2D eigenvalue weighted by molar-refractivity contribution is -0.170. The molecule has 0 saturated carbocycles. The summed E-state index contributed by atoms with van der Waals surface area (Å²) in [4.78, 5) is 36.7. The number of morpholine rings is 1. The van der Waals surface area contributed by atoms with Crippen molar-refractivity contribution in [2.24, 2.45) is 5.73 Å². The van der Waals surface area contributed by atoms with E-state index in [1.54, 1.807) is 0 Å². The Kier molecular flexibility index (Phi) is 8.26. The molecule has 3 amide bonds. The van der Waals surface area contributed by atoms with Crippen LogP contribution in [0.1, 0.15) is 0 Å². The van der Waals surface area contributed by atoms with E-state index in [9.17, 15) is 40.7 Å². The number of hydrogen-bond donors (Lipinski definition) is 3. The van der Waals surface area contributed by atoms with Gasteiger partial charge in [-0.15, -0.1) is 0 Å². The minimum absolute atomic E-state index is 0.0446. The lowest BCUT2D eigenvalue weighted by Crippen LogP contribution is -2.55. The number of hydrogen-bond acceptors (Lipinski definition) is 6. The van der Waals surface area contributed by atoms with Crippen molar-refractivity contribution in [1.82, 2.24) is 5.32 Å². The molecule has 0 bridgehead atoms. The van der Waals surface area contributed by atoms with Gasteiger partial charge in [-0.1, -0.05) is 0 Å². The molecule has 0 aromatic heterocycles. The first kappa shape index (κ1) is 25.2. The molecule has 32 heavy (non-hydrogen) atoms. The number of amides is 3. The first-order valence-corrected chi connectivity index (χ1v) is 8.92. The predicted octanol–water partition coefficient (Wildman–Crippen LogP) is 0.934. The van der Waals surface area contributed by atoms with E-state index in [-0.39, 0.29) is 31.1 Å². The molecular formula is C17H18F6N4O5. The van der Waals surface area contributed by atoms with Crippen LogP contribution < -0.4 is 26.0 Å². The lowest BCUT2D eigenvalue weighted by Gasteiger charge is -2.28. The average molecular weight is 472 g/mol. The van der Waals surface area contributed by atoms with Crippen molar-refractivity contribution in [1.29, 1.82) is 0 Å². The van der Waals surface area contributed by atoms with Gasteiger partial charge in [0.05, 0.1) is 12.3 Å². The van der Waals surface area contributed by atoms with Crippen LogP contribution in [0.3, 0.4) is 0 Å². The number of benzene rings is 1. The predicted molar refractivity (Wildman–Crippen MR) is 96.8 cm³/mol. The Labute approximate surface area is 176 Å². The molecule has 2 rings (SSSR count). The number of ether oxygens (including phenoxy) is 2. The van der Waals surface area contributed by atoms with E-state index < -0.39 is 55.0 Å². The Balaban J connectivity index is 2.20. The smallest absolute Gasteiger partial charge is 0.387 e. The van der Waals surface area contributed by atoms with Crippen LogP contribution in [0.2, 0.25) is 0 Å². The SMILES string of the molecule is NC[C@H](NC(=O)C(F)(F)C(F)F)C(=O)Nc1ccc(N2CCOCC2=O)c(OC(F)F)c1. The number of rotatable bonds is 9. The quantitative estimate of drug-likeness (QED) is 0.460. The highest BCUT2D eigenvalue weighted by Crippen LogP contribution is 2.33. The number of carbonyl (C=O) groups is 3. The molecule has 1 aliphatic heterocycles. The van der Waals surface area contributed by atoms with E-state index in [1.807, 2.05) is 0 Å². The number of anilines is 2. The molecule has 178 valence electrons. The van der Waals surface area contributed by atoms with Crippen LogP contribution in [-0.2, 0) is 19.1 Å². The maximum atomic E-state index is 13.1. The van der Waals surface area contributed by atoms with Crippen molar-refractivity contribution in [2.75, 3.05) is 36.5 Å². The van der Waals surface area contributed by atoms with E-state index in [4.69, 9.17) is 10.5 Å². The summed E-state index contributed by atoms with van der Waals surface area (Å²) < 4.78 is 85.7. The fraction of sp³-hybridized carbons (Fsp3) is 0.471. The van der Waals surface area contributed by atoms with E-state index in [0.29, 0.717) is 0 Å². The molecule has 1 atom stereocenters. The molecule has 1 saturated heterocycles. The van der Waals surface area contributed by atoms with Crippen LogP contribution >= 0.6 is 0 Å². The van der Waals surface area contributed by atoms with E-state index in [2.05, 4.69) is 10.1 Å². The van der Waals surface area contributed by atoms with Crippen LogP contribution in [0.15, 0.2) is 18.2 Å². The fourth-order valence-electron chi connectivity index (χ4n) is 2.59. The molecule has 9 nitrogen and oxygen atoms in total. The summed E-state index contributed by atoms with van der Waals surface area (Å²) in [6.45, 7) is -4.13. The molecule has 4 N–H and O–H groups in total. The zero-order valence-corrected chi connectivity index (χ0v) is 16.1. The van der Waals surface area contributed by atoms with Gasteiger partial charge in [-0.25, -0.2) is 8.78 Å². The number of nitrogens with zero attached hydrogens (tertiary/aromatic N) is 1. The van der Waals surface area contributed by atoms with Gasteiger partial charge in [0.15, 0.2) is 5.75 Å². The third-order valence-electron chi connectivity index (χ3n) is 4.15. The molecule has 0 radical (unpaired) electrons. The van der Waals surface area contributed by atoms with Crippen molar-refractivity contribution in [3.8, 4) is 5.75 Å². The molecule has 15 heteroatoms. The lowest BCUT2D eigenvalue weighted by atomic mass is 10.2. The highest BCUT2D eigenvalue weighted by atomic mass is 19.3. The topological polar surface area (TPSA) is 123 Å². The second-order valence-electron chi connectivity index (χ2n) is 6.33. The molecule has 0 unspecified atom stereocenters. The summed E-state index contributed by atoms with van der Waals surface area (Å²) in [5.41, 5.74) is 5.00. The van der Waals surface area contributed by atoms with Gasteiger partial charge < -0.3 is 30.7 Å². The molecule has 1 aromatic carbocycles. The first-order chi connectivity index (χ1) is 15.0. The van der Waals surface area contributed by atoms with E-state index in [0.717, 1.165) is 11.0 Å². The molecule has 0 aliphatic carbocycles. The van der Waals surface area contributed by atoms with Gasteiger partial charge in [0.1, 0.15) is 12.6 Å². The van der Waals surface area contributed by atoms with Crippen molar-refractivity contribution >= 4 is 29.1 Å². The number of carbonyl (C=O) groups excluding carboxylic acids is 3. The van der Waals surface area contributed by atoms with Crippen LogP contribution in [0.25, 0.3) is 0 Å². The Bertz CT molecular complexity index is 857. The maximum absolute atomic E-state index is 13.1. The molecule has 1 aromatic rings. The van der Waals surface area contributed by atoms with E-state index >= 15 is 0 Å². The minimum Gasteiger partial charge on any atom is -0.433 e. The summed E-state index contributed by atoms with van der Waals surface area (Å²) in [5.74, 6) is -9.69. The summed E-state index contributed by atoms with van der Waals surface area (Å²) in [5, 5.41) is 3.51. The zero-order chi connectivity index (χ0) is 24.1. The summed E-state index contributed by atoms with van der Waals surface area (Å²) in [7, 11) is 0. The van der Waals surface area contributed by atoms with Crippen LogP contribution in [-0.4, -0.2) is 69.0 Å². The van der Waals surface area contributed by atoms with Gasteiger partial charge in [0.25, 0.3) is 11.8 Å². The molecule has 1 aliphatic rings. The van der Waals surface area contributed by atoms with Crippen molar-refractivity contribution in [3.05, 3.63) is 18.2 Å². The van der Waals surface area contributed by atoms with Crippen molar-refractivity contribution in [3.63, 3.8) is 0 Å². The summed E-state index contributed by atoms with van der Waals surface area (Å²) in [6.07, 6.45) is -4.31. The van der Waals surface area contributed by atoms with Crippen molar-refractivity contribution in [2.45, 2.75) is 25.0 Å². The van der Waals surface area contributed by atoms with Gasteiger partial charge in [-0.3, -0.25) is 14.4 Å². The zero-order valence-electron chi connectivity index (χ0n) is 16.1. The van der Waals surface area contributed by atoms with E-state index in [1.165, 1.54) is 17.4 Å². The maximum Gasteiger partial charge on any atom is 0.387 e. The standard InChI is InChI=1S/C17H18F6N4O5/c18-14(19)17(22,23)15(30)26-9(6-24)13(29)25-8-1-2-10(11(5-8)32-16(20)21)27-3-4-31-7-12(27)28/h1-2,5,9,14,16H,3-4,6-7,24H2,(H,25,29)(H,26,30)/t9-/m0/s1. The average Bonchev–Trinajstić information content (AvgIpc) is 2.72. The Morgan fingerprint density at radius 3 is 2.50 bits per heavy atom. The fourth-order valence-corrected chi connectivity index (χ4v) is 2.59. The Morgan fingerprint density at radius 1 is 1.25 bits per heavy atom. The van der Waals surface area contributed by atoms with Crippen LogP contribution in [0.5, 0.6) is 5.75 Å². The minimum atomic E-state index is -5.06. The van der Waals surface area contributed by atoms with Gasteiger partial charge in [-0.05, 0) is 12.1 Å². The summed E-state index contributed by atoms with van der Waals surface area (Å²) >= 11 is 0. The van der Waals surface area contributed by atoms with Gasteiger partial charge >= 0.3 is 19.0 Å². The highest BCUT2D eigenvalue weighted by molar-refractivity contribution is 6.00. The van der Waals surface area contributed by atoms with Gasteiger partial charge in [0.2, 0.25) is 5.91 Å². The second kappa shape index (κ2) is 10.5. The van der Waals surface area contributed by atoms with Gasteiger partial charge in [-0.2, -0.15) is 17.6 Å². The number of nitrogens with two attached hydrogens (primary N) is 1. The first-order valence-electron chi connectivity index (χ1n) is 8.92. The normalized spacial score (nSPS) is 15.7. The van der Waals surface area contributed by atoms with Crippen LogP contribution in [0.4, 0.5) is 37.7 Å². The Morgan fingerprint density at radius 2 is 1.94 bits per heavy atom.